The van der Waals surface area contributed by atoms with Gasteiger partial charge < -0.3 is 9.64 Å². The van der Waals surface area contributed by atoms with Crippen molar-refractivity contribution in [2.24, 2.45) is 0 Å². The van der Waals surface area contributed by atoms with Crippen LogP contribution < -0.4 is 9.64 Å². The minimum Gasteiger partial charge on any atom is -0.496 e. The van der Waals surface area contributed by atoms with E-state index in [1.54, 1.807) is 7.11 Å². The predicted octanol–water partition coefficient (Wildman–Crippen LogP) is 3.17. The Morgan fingerprint density at radius 1 is 1.05 bits per heavy atom. The number of rotatable bonds is 3. The Bertz CT molecular complexity index is 622. The fraction of sp³-hybridized carbons (Fsp3) is 0.235. The number of hydrogen-bond acceptors (Lipinski definition) is 2. The van der Waals surface area contributed by atoms with Crippen molar-refractivity contribution >= 4 is 11.6 Å². The molecule has 3 heteroatoms. The number of carbonyl (C=O) groups is 1. The zero-order valence-electron chi connectivity index (χ0n) is 11.5. The lowest BCUT2D eigenvalue weighted by Gasteiger charge is -2.30. The average Bonchev–Trinajstić information content (AvgIpc) is 2.50. The molecule has 0 saturated heterocycles. The lowest BCUT2D eigenvalue weighted by molar-refractivity contribution is -0.119. The molecule has 1 heterocycles. The smallest absolute Gasteiger partial charge is 0.227 e. The molecule has 1 aliphatic rings. The topological polar surface area (TPSA) is 29.5 Å². The Hall–Kier alpha value is -2.29. The van der Waals surface area contributed by atoms with Gasteiger partial charge in [-0.1, -0.05) is 36.4 Å². The molecule has 0 N–H and O–H groups in total. The molecule has 1 amide bonds. The summed E-state index contributed by atoms with van der Waals surface area (Å²) in [6, 6.07) is 16.0. The molecule has 2 aromatic rings. The molecule has 102 valence electrons. The van der Waals surface area contributed by atoms with Gasteiger partial charge in [-0.25, -0.2) is 0 Å². The van der Waals surface area contributed by atoms with E-state index in [-0.39, 0.29) is 5.91 Å². The molecule has 0 bridgehead atoms. The van der Waals surface area contributed by atoms with Crippen LogP contribution in [-0.2, 0) is 17.8 Å². The molecular formula is C17H17NO2. The van der Waals surface area contributed by atoms with E-state index in [1.807, 2.05) is 53.4 Å². The van der Waals surface area contributed by atoms with Gasteiger partial charge in [-0.15, -0.1) is 0 Å². The van der Waals surface area contributed by atoms with Crippen molar-refractivity contribution in [1.82, 2.24) is 0 Å². The van der Waals surface area contributed by atoms with Gasteiger partial charge in [0, 0.05) is 12.0 Å². The van der Waals surface area contributed by atoms with E-state index in [4.69, 9.17) is 4.74 Å². The van der Waals surface area contributed by atoms with Gasteiger partial charge in [0.25, 0.3) is 0 Å². The summed E-state index contributed by atoms with van der Waals surface area (Å²) < 4.78 is 5.41. The quantitative estimate of drug-likeness (QED) is 0.854. The summed E-state index contributed by atoms with van der Waals surface area (Å²) in [6.45, 7) is 0.611. The number of carbonyl (C=O) groups excluding carboxylic acids is 1. The van der Waals surface area contributed by atoms with E-state index < -0.39 is 0 Å². The Morgan fingerprint density at radius 3 is 2.60 bits per heavy atom. The summed E-state index contributed by atoms with van der Waals surface area (Å²) in [6.07, 6.45) is 1.30. The molecule has 0 atom stereocenters. The van der Waals surface area contributed by atoms with Crippen LogP contribution in [0.5, 0.6) is 5.75 Å². The Morgan fingerprint density at radius 2 is 1.85 bits per heavy atom. The van der Waals surface area contributed by atoms with Crippen LogP contribution in [-0.4, -0.2) is 13.0 Å². The highest BCUT2D eigenvalue weighted by Crippen LogP contribution is 2.35. The first-order valence-corrected chi connectivity index (χ1v) is 6.80. The molecule has 0 radical (unpaired) electrons. The predicted molar refractivity (Wildman–Crippen MR) is 78.9 cm³/mol. The second kappa shape index (κ2) is 5.37. The van der Waals surface area contributed by atoms with Gasteiger partial charge >= 0.3 is 0 Å². The molecule has 0 unspecified atom stereocenters. The molecule has 0 spiro atoms. The van der Waals surface area contributed by atoms with Crippen LogP contribution in [0.4, 0.5) is 5.69 Å². The van der Waals surface area contributed by atoms with Crippen LogP contribution in [0.2, 0.25) is 0 Å². The van der Waals surface area contributed by atoms with Crippen LogP contribution in [0.25, 0.3) is 0 Å². The number of benzene rings is 2. The molecule has 0 aromatic heterocycles. The molecular weight excluding hydrogens is 250 g/mol. The molecule has 0 saturated carbocycles. The summed E-state index contributed by atoms with van der Waals surface area (Å²) in [5.74, 6) is 1.04. The highest BCUT2D eigenvalue weighted by Gasteiger charge is 2.26. The Balaban J connectivity index is 1.98. The summed E-state index contributed by atoms with van der Waals surface area (Å²) in [4.78, 5) is 14.1. The number of amides is 1. The molecule has 1 aliphatic heterocycles. The standard InChI is InChI=1S/C17H17NO2/c1-20-16-9-5-8-15-14(16)10-11-17(19)18(15)12-13-6-3-2-4-7-13/h2-9H,10-12H2,1H3. The van der Waals surface area contributed by atoms with Crippen molar-refractivity contribution in [3.63, 3.8) is 0 Å². The van der Waals surface area contributed by atoms with Crippen LogP contribution in [0, 0.1) is 0 Å². The van der Waals surface area contributed by atoms with E-state index in [9.17, 15) is 4.79 Å². The van der Waals surface area contributed by atoms with Crippen LogP contribution in [0.1, 0.15) is 17.5 Å². The molecule has 3 nitrogen and oxygen atoms in total. The number of methoxy groups -OCH3 is 1. The van der Waals surface area contributed by atoms with Gasteiger partial charge in [-0.05, 0) is 24.1 Å². The number of nitrogens with zero attached hydrogens (tertiary/aromatic N) is 1. The maximum Gasteiger partial charge on any atom is 0.227 e. The van der Waals surface area contributed by atoms with Crippen molar-refractivity contribution in [2.45, 2.75) is 19.4 Å². The number of anilines is 1. The third-order valence-corrected chi connectivity index (χ3v) is 3.69. The monoisotopic (exact) mass is 267 g/mol. The van der Waals surface area contributed by atoms with Crippen molar-refractivity contribution in [2.75, 3.05) is 12.0 Å². The molecule has 0 aliphatic carbocycles. The van der Waals surface area contributed by atoms with Crippen LogP contribution in [0.15, 0.2) is 48.5 Å². The first kappa shape index (κ1) is 12.7. The van der Waals surface area contributed by atoms with Gasteiger partial charge in [-0.2, -0.15) is 0 Å². The third kappa shape index (κ3) is 2.27. The summed E-state index contributed by atoms with van der Waals surface area (Å²) in [7, 11) is 1.67. The van der Waals surface area contributed by atoms with E-state index in [0.717, 1.165) is 29.0 Å². The summed E-state index contributed by atoms with van der Waals surface area (Å²) >= 11 is 0. The maximum absolute atomic E-state index is 12.2. The minimum absolute atomic E-state index is 0.176. The van der Waals surface area contributed by atoms with E-state index >= 15 is 0 Å². The third-order valence-electron chi connectivity index (χ3n) is 3.69. The van der Waals surface area contributed by atoms with Gasteiger partial charge in [0.05, 0.1) is 19.3 Å². The maximum atomic E-state index is 12.2. The second-order valence-corrected chi connectivity index (χ2v) is 4.92. The van der Waals surface area contributed by atoms with E-state index in [2.05, 4.69) is 0 Å². The Kier molecular flexibility index (Phi) is 3.42. The SMILES string of the molecule is COc1cccc2c1CCC(=O)N2Cc1ccccc1. The largest absolute Gasteiger partial charge is 0.496 e. The lowest BCUT2D eigenvalue weighted by Crippen LogP contribution is -2.34. The summed E-state index contributed by atoms with van der Waals surface area (Å²) in [5.41, 5.74) is 3.24. The van der Waals surface area contributed by atoms with Crippen LogP contribution in [0.3, 0.4) is 0 Å². The minimum atomic E-state index is 0.176. The van der Waals surface area contributed by atoms with Gasteiger partial charge in [-0.3, -0.25) is 4.79 Å². The van der Waals surface area contributed by atoms with Gasteiger partial charge in [0.2, 0.25) is 5.91 Å². The highest BCUT2D eigenvalue weighted by molar-refractivity contribution is 5.96. The highest BCUT2D eigenvalue weighted by atomic mass is 16.5. The van der Waals surface area contributed by atoms with E-state index in [0.29, 0.717) is 13.0 Å². The lowest BCUT2D eigenvalue weighted by atomic mass is 9.99. The fourth-order valence-corrected chi connectivity index (χ4v) is 2.69. The molecule has 0 fully saturated rings. The van der Waals surface area contributed by atoms with Gasteiger partial charge in [0.15, 0.2) is 0 Å². The Labute approximate surface area is 118 Å². The molecule has 20 heavy (non-hydrogen) atoms. The number of fused-ring (bicyclic) bond motifs is 1. The zero-order valence-corrected chi connectivity index (χ0v) is 11.5. The van der Waals surface area contributed by atoms with Crippen molar-refractivity contribution in [1.29, 1.82) is 0 Å². The van der Waals surface area contributed by atoms with Gasteiger partial charge in [0.1, 0.15) is 5.75 Å². The van der Waals surface area contributed by atoms with Crippen molar-refractivity contribution < 1.29 is 9.53 Å². The first-order valence-electron chi connectivity index (χ1n) is 6.80. The second-order valence-electron chi connectivity index (χ2n) is 4.92. The normalized spacial score (nSPS) is 14.1. The first-order chi connectivity index (χ1) is 9.79. The summed E-state index contributed by atoms with van der Waals surface area (Å²) in [5, 5.41) is 0. The molecule has 2 aromatic carbocycles. The van der Waals surface area contributed by atoms with Crippen LogP contribution >= 0.6 is 0 Å². The fourth-order valence-electron chi connectivity index (χ4n) is 2.69. The average molecular weight is 267 g/mol. The van der Waals surface area contributed by atoms with Crippen molar-refractivity contribution in [3.8, 4) is 5.75 Å². The number of ether oxygens (including phenoxy) is 1. The number of hydrogen-bond donors (Lipinski definition) is 0. The van der Waals surface area contributed by atoms with E-state index in [1.165, 1.54) is 0 Å². The molecule has 3 rings (SSSR count). The van der Waals surface area contributed by atoms with Crippen molar-refractivity contribution in [3.05, 3.63) is 59.7 Å². The zero-order chi connectivity index (χ0) is 13.9.